The molecule has 3 heterocycles. The van der Waals surface area contributed by atoms with Crippen LogP contribution >= 0.6 is 11.8 Å². The van der Waals surface area contributed by atoms with Gasteiger partial charge in [0.25, 0.3) is 5.91 Å². The number of imidazole rings is 1. The minimum atomic E-state index is 0.0383. The maximum absolute atomic E-state index is 13.7. The van der Waals surface area contributed by atoms with Crippen molar-refractivity contribution in [2.45, 2.75) is 56.7 Å². The Balaban J connectivity index is 1.33. The zero-order chi connectivity index (χ0) is 26.0. The first-order valence-electron chi connectivity index (χ1n) is 13.9. The van der Waals surface area contributed by atoms with Crippen LogP contribution in [0.1, 0.15) is 65.5 Å². The predicted molar refractivity (Wildman–Crippen MR) is 152 cm³/mol. The summed E-state index contributed by atoms with van der Waals surface area (Å²) in [7, 11) is 1.69. The highest BCUT2D eigenvalue weighted by Crippen LogP contribution is 2.49. The molecule has 1 aliphatic heterocycles. The van der Waals surface area contributed by atoms with E-state index < -0.39 is 0 Å². The summed E-state index contributed by atoms with van der Waals surface area (Å²) in [6, 6.07) is 8.28. The topological polar surface area (TPSA) is 86.3 Å². The third kappa shape index (κ3) is 3.87. The maximum atomic E-state index is 13.7. The third-order valence-corrected chi connectivity index (χ3v) is 9.71. The molecule has 1 aromatic carbocycles. The van der Waals surface area contributed by atoms with Crippen LogP contribution in [0.25, 0.3) is 22.7 Å². The molecule has 0 radical (unpaired) electrons. The van der Waals surface area contributed by atoms with E-state index >= 15 is 0 Å². The Morgan fingerprint density at radius 1 is 1.24 bits per heavy atom. The van der Waals surface area contributed by atoms with Gasteiger partial charge in [-0.3, -0.25) is 9.78 Å². The summed E-state index contributed by atoms with van der Waals surface area (Å²) >= 11 is 1.82. The Morgan fingerprint density at radius 2 is 2.11 bits per heavy atom. The van der Waals surface area contributed by atoms with Gasteiger partial charge in [0.05, 0.1) is 18.3 Å². The molecule has 4 aliphatic rings. The van der Waals surface area contributed by atoms with Crippen molar-refractivity contribution >= 4 is 40.4 Å². The number of allylic oxidation sites excluding steroid dienone is 1. The highest BCUT2D eigenvalue weighted by Gasteiger charge is 2.47. The minimum absolute atomic E-state index is 0.0383. The number of fused-ring (bicyclic) bond motifs is 4. The molecule has 4 atom stereocenters. The summed E-state index contributed by atoms with van der Waals surface area (Å²) in [6.07, 6.45) is 12.2. The minimum Gasteiger partial charge on any atom is -0.494 e. The van der Waals surface area contributed by atoms with Gasteiger partial charge in [0.1, 0.15) is 17.1 Å². The predicted octanol–water partition coefficient (Wildman–Crippen LogP) is 4.80. The number of pyridine rings is 1. The summed E-state index contributed by atoms with van der Waals surface area (Å²) in [5.74, 6) is 4.10. The molecule has 3 aliphatic carbocycles. The number of benzene rings is 1. The number of aromatic nitrogens is 3. The molecule has 2 saturated carbocycles. The van der Waals surface area contributed by atoms with Gasteiger partial charge in [-0.05, 0) is 67.2 Å². The number of carbonyl (C=O) groups is 1. The number of thioether (sulfide) groups is 1. The quantitative estimate of drug-likeness (QED) is 0.451. The molecule has 2 N–H and O–H groups in total. The van der Waals surface area contributed by atoms with E-state index in [2.05, 4.69) is 23.0 Å². The summed E-state index contributed by atoms with van der Waals surface area (Å²) in [5.41, 5.74) is 12.4. The largest absolute Gasteiger partial charge is 0.494 e. The molecule has 1 saturated heterocycles. The Bertz CT molecular complexity index is 1440. The fourth-order valence-electron chi connectivity index (χ4n) is 6.98. The second kappa shape index (κ2) is 9.42. The second-order valence-corrected chi connectivity index (χ2v) is 12.4. The van der Waals surface area contributed by atoms with E-state index in [0.29, 0.717) is 17.2 Å². The lowest BCUT2D eigenvalue weighted by molar-refractivity contribution is 0.0700. The molecule has 2 bridgehead atoms. The summed E-state index contributed by atoms with van der Waals surface area (Å²) in [4.78, 5) is 25.7. The Morgan fingerprint density at radius 3 is 2.82 bits per heavy atom. The van der Waals surface area contributed by atoms with Crippen LogP contribution in [0.3, 0.4) is 0 Å². The lowest BCUT2D eigenvalue weighted by Crippen LogP contribution is -2.41. The molecule has 3 fully saturated rings. The summed E-state index contributed by atoms with van der Waals surface area (Å²) < 4.78 is 8.24. The number of piperidine rings is 1. The first-order valence-corrected chi connectivity index (χ1v) is 15.3. The average molecular weight is 530 g/mol. The fraction of sp³-hybridized carbons (Fsp3) is 0.500. The summed E-state index contributed by atoms with van der Waals surface area (Å²) in [5, 5.41) is 0. The van der Waals surface area contributed by atoms with Crippen molar-refractivity contribution in [3.8, 4) is 5.75 Å². The fourth-order valence-corrected chi connectivity index (χ4v) is 7.35. The van der Waals surface area contributed by atoms with E-state index in [4.69, 9.17) is 20.4 Å². The zero-order valence-electron chi connectivity index (χ0n) is 22.1. The van der Waals surface area contributed by atoms with E-state index in [1.807, 2.05) is 41.1 Å². The smallest absolute Gasteiger partial charge is 0.254 e. The lowest BCUT2D eigenvalue weighted by Gasteiger charge is -2.27. The van der Waals surface area contributed by atoms with Crippen LogP contribution in [0.15, 0.2) is 30.5 Å². The van der Waals surface area contributed by atoms with Gasteiger partial charge in [-0.1, -0.05) is 18.9 Å². The lowest BCUT2D eigenvalue weighted by atomic mass is 9.93. The molecule has 7 nitrogen and oxygen atoms in total. The second-order valence-electron chi connectivity index (χ2n) is 11.4. The normalized spacial score (nSPS) is 25.8. The van der Waals surface area contributed by atoms with Gasteiger partial charge in [0, 0.05) is 54.2 Å². The number of rotatable bonds is 8. The number of hydrogen-bond donors (Lipinski definition) is 1. The molecule has 1 unspecified atom stereocenters. The number of methoxy groups -OCH3 is 1. The molecular weight excluding hydrogens is 494 g/mol. The van der Waals surface area contributed by atoms with Crippen molar-refractivity contribution in [2.75, 3.05) is 25.7 Å². The Kier molecular flexibility index (Phi) is 6.00. The molecule has 7 rings (SSSR count). The summed E-state index contributed by atoms with van der Waals surface area (Å²) in [6.45, 7) is 1.57. The van der Waals surface area contributed by atoms with Gasteiger partial charge in [-0.2, -0.15) is 11.8 Å². The molecular formula is C30H35N5O2S. The van der Waals surface area contributed by atoms with Crippen LogP contribution in [0.2, 0.25) is 0 Å². The number of carbonyl (C=O) groups excluding carboxylic acids is 1. The van der Waals surface area contributed by atoms with Crippen molar-refractivity contribution < 1.29 is 9.53 Å². The molecule has 198 valence electrons. The van der Waals surface area contributed by atoms with E-state index in [9.17, 15) is 4.79 Å². The molecule has 38 heavy (non-hydrogen) atoms. The van der Waals surface area contributed by atoms with Crippen LogP contribution in [-0.4, -0.2) is 63.1 Å². The van der Waals surface area contributed by atoms with Gasteiger partial charge in [-0.25, -0.2) is 4.98 Å². The van der Waals surface area contributed by atoms with Crippen molar-refractivity contribution in [3.05, 3.63) is 53.1 Å². The van der Waals surface area contributed by atoms with E-state index in [1.54, 1.807) is 7.11 Å². The van der Waals surface area contributed by atoms with Crippen molar-refractivity contribution in [1.82, 2.24) is 19.4 Å². The number of amides is 1. The number of aryl methyl sites for hydroxylation is 1. The number of hydrogen-bond acceptors (Lipinski definition) is 6. The van der Waals surface area contributed by atoms with Crippen LogP contribution in [-0.2, 0) is 6.54 Å². The van der Waals surface area contributed by atoms with E-state index in [1.165, 1.54) is 29.7 Å². The molecule has 1 amide bonds. The highest BCUT2D eigenvalue weighted by atomic mass is 32.2. The molecule has 8 heteroatoms. The van der Waals surface area contributed by atoms with E-state index in [0.717, 1.165) is 60.9 Å². The van der Waals surface area contributed by atoms with Crippen molar-refractivity contribution in [2.24, 2.45) is 17.6 Å². The Labute approximate surface area is 227 Å². The van der Waals surface area contributed by atoms with Crippen molar-refractivity contribution in [1.29, 1.82) is 0 Å². The SMILES string of the molecule is COc1cc(C(=O)N2C[C@H]3CC[C@@H]2[C@@H]3N)cc2nc(C3=Cc4cccnc4C3CC3CC3)n(CCSC)c12. The number of likely N-dealkylation sites (tertiary alicyclic amines) is 1. The highest BCUT2D eigenvalue weighted by molar-refractivity contribution is 7.98. The number of ether oxygens (including phenoxy) is 1. The molecule has 2 aromatic heterocycles. The van der Waals surface area contributed by atoms with Crippen LogP contribution in [0.5, 0.6) is 5.75 Å². The Hall–Kier alpha value is -2.84. The van der Waals surface area contributed by atoms with Gasteiger partial charge in [0.15, 0.2) is 0 Å². The van der Waals surface area contributed by atoms with Crippen molar-refractivity contribution in [3.63, 3.8) is 0 Å². The van der Waals surface area contributed by atoms with Gasteiger partial charge < -0.3 is 19.9 Å². The number of nitrogens with two attached hydrogens (primary N) is 1. The van der Waals surface area contributed by atoms with Gasteiger partial charge in [-0.15, -0.1) is 0 Å². The zero-order valence-corrected chi connectivity index (χ0v) is 22.9. The average Bonchev–Trinajstić information content (AvgIpc) is 3.29. The third-order valence-electron chi connectivity index (χ3n) is 9.12. The monoisotopic (exact) mass is 529 g/mol. The standard InChI is InChI=1S/C30H35N5O2S/c1-37-25-15-20(30(36)35-16-19-7-8-24(35)26(19)31)14-23-28(25)34(10-11-38-2)29(33-23)22-13-18-4-3-9-32-27(18)21(22)12-17-5-6-17/h3-4,9,13-15,17,19,21,24,26H,5-8,10-12,16,31H2,1-2H3/t19-,21?,24-,26-/m1/s1. The maximum Gasteiger partial charge on any atom is 0.254 e. The molecule has 3 aromatic rings. The van der Waals surface area contributed by atoms with Crippen LogP contribution in [0.4, 0.5) is 0 Å². The van der Waals surface area contributed by atoms with Gasteiger partial charge >= 0.3 is 0 Å². The van der Waals surface area contributed by atoms with Crippen LogP contribution in [0, 0.1) is 11.8 Å². The van der Waals surface area contributed by atoms with E-state index in [-0.39, 0.29) is 23.9 Å². The van der Waals surface area contributed by atoms with Gasteiger partial charge in [0.2, 0.25) is 0 Å². The van der Waals surface area contributed by atoms with Crippen LogP contribution < -0.4 is 10.5 Å². The first-order chi connectivity index (χ1) is 18.6. The molecule has 0 spiro atoms. The first kappa shape index (κ1) is 24.2. The number of nitrogens with zero attached hydrogens (tertiary/aromatic N) is 4.